The summed E-state index contributed by atoms with van der Waals surface area (Å²) in [5.41, 5.74) is 7.52. The van der Waals surface area contributed by atoms with Gasteiger partial charge in [0.1, 0.15) is 9.84 Å². The van der Waals surface area contributed by atoms with Gasteiger partial charge in [-0.15, -0.1) is 0 Å². The van der Waals surface area contributed by atoms with Gasteiger partial charge in [-0.05, 0) is 59.4 Å². The van der Waals surface area contributed by atoms with Crippen molar-refractivity contribution in [3.05, 3.63) is 33.4 Å². The Bertz CT molecular complexity index is 544. The van der Waals surface area contributed by atoms with Gasteiger partial charge in [-0.25, -0.2) is 8.42 Å². The molecule has 106 valence electrons. The van der Waals surface area contributed by atoms with Crippen LogP contribution >= 0.6 is 22.6 Å². The first kappa shape index (κ1) is 15.3. The van der Waals surface area contributed by atoms with Crippen LogP contribution in [0.3, 0.4) is 0 Å². The molecule has 19 heavy (non-hydrogen) atoms. The molecule has 2 N–H and O–H groups in total. The lowest BCUT2D eigenvalue weighted by Crippen LogP contribution is -2.33. The molecule has 0 radical (unpaired) electrons. The third kappa shape index (κ3) is 3.70. The molecule has 0 saturated heterocycles. The minimum Gasteiger partial charge on any atom is -0.324 e. The predicted octanol–water partition coefficient (Wildman–Crippen LogP) is 2.89. The van der Waals surface area contributed by atoms with Gasteiger partial charge in [0.2, 0.25) is 0 Å². The van der Waals surface area contributed by atoms with Crippen molar-refractivity contribution in [1.82, 2.24) is 0 Å². The minimum absolute atomic E-state index is 0.0577. The Morgan fingerprint density at radius 1 is 1.32 bits per heavy atom. The van der Waals surface area contributed by atoms with Crippen molar-refractivity contribution in [2.75, 3.05) is 6.26 Å². The maximum atomic E-state index is 11.7. The van der Waals surface area contributed by atoms with Crippen molar-refractivity contribution < 1.29 is 8.42 Å². The van der Waals surface area contributed by atoms with Crippen molar-refractivity contribution in [3.8, 4) is 0 Å². The molecule has 3 nitrogen and oxygen atoms in total. The Labute approximate surface area is 129 Å². The highest BCUT2D eigenvalue weighted by Crippen LogP contribution is 2.36. The maximum absolute atomic E-state index is 11.7. The summed E-state index contributed by atoms with van der Waals surface area (Å²) in [4.78, 5) is 0. The molecule has 1 saturated carbocycles. The maximum Gasteiger partial charge on any atom is 0.150 e. The van der Waals surface area contributed by atoms with Gasteiger partial charge in [-0.1, -0.05) is 24.6 Å². The van der Waals surface area contributed by atoms with Crippen LogP contribution in [0.2, 0.25) is 0 Å². The zero-order valence-electron chi connectivity index (χ0n) is 11.0. The molecule has 0 amide bonds. The van der Waals surface area contributed by atoms with Gasteiger partial charge in [-0.2, -0.15) is 0 Å². The molecule has 0 aliphatic heterocycles. The summed E-state index contributed by atoms with van der Waals surface area (Å²) in [5.74, 6) is 0.268. The normalized spacial score (nSPS) is 26.1. The zero-order chi connectivity index (χ0) is 14.0. The molecule has 5 heteroatoms. The second-order valence-corrected chi connectivity index (χ2v) is 8.91. The van der Waals surface area contributed by atoms with E-state index in [0.29, 0.717) is 6.42 Å². The van der Waals surface area contributed by atoms with Crippen LogP contribution in [0.15, 0.2) is 24.3 Å². The number of rotatable bonds is 3. The highest BCUT2D eigenvalue weighted by molar-refractivity contribution is 14.1. The van der Waals surface area contributed by atoms with Gasteiger partial charge in [0.25, 0.3) is 0 Å². The Hall–Kier alpha value is -0.140. The predicted molar refractivity (Wildman–Crippen MR) is 86.7 cm³/mol. The van der Waals surface area contributed by atoms with Gasteiger partial charge < -0.3 is 5.73 Å². The van der Waals surface area contributed by atoms with E-state index in [9.17, 15) is 8.42 Å². The molecule has 1 aliphatic rings. The van der Waals surface area contributed by atoms with Gasteiger partial charge in [0, 0.05) is 15.9 Å². The van der Waals surface area contributed by atoms with E-state index in [1.807, 2.05) is 18.2 Å². The monoisotopic (exact) mass is 393 g/mol. The van der Waals surface area contributed by atoms with Crippen LogP contribution in [0.4, 0.5) is 0 Å². The van der Waals surface area contributed by atoms with Gasteiger partial charge >= 0.3 is 0 Å². The van der Waals surface area contributed by atoms with Gasteiger partial charge in [0.15, 0.2) is 0 Å². The third-order valence-corrected chi connectivity index (χ3v) is 6.67. The molecular formula is C14H20INO2S. The fourth-order valence-corrected chi connectivity index (χ4v) is 4.83. The van der Waals surface area contributed by atoms with E-state index in [0.717, 1.165) is 28.4 Å². The average Bonchev–Trinajstić information content (AvgIpc) is 2.38. The number of nitrogens with two attached hydrogens (primary N) is 1. The number of sulfone groups is 1. The lowest BCUT2D eigenvalue weighted by molar-refractivity contribution is 0.308. The van der Waals surface area contributed by atoms with Crippen LogP contribution in [0.25, 0.3) is 0 Å². The molecule has 1 fully saturated rings. The number of hydrogen-bond acceptors (Lipinski definition) is 3. The number of benzene rings is 1. The van der Waals surface area contributed by atoms with E-state index < -0.39 is 9.84 Å². The summed E-state index contributed by atoms with van der Waals surface area (Å²) in [6.07, 6.45) is 4.81. The Morgan fingerprint density at radius 2 is 2.00 bits per heavy atom. The van der Waals surface area contributed by atoms with E-state index in [1.165, 1.54) is 6.26 Å². The van der Waals surface area contributed by atoms with Crippen molar-refractivity contribution in [2.24, 2.45) is 11.7 Å². The summed E-state index contributed by atoms with van der Waals surface area (Å²) in [5, 5.41) is -0.210. The molecule has 0 bridgehead atoms. The minimum atomic E-state index is -2.94. The summed E-state index contributed by atoms with van der Waals surface area (Å²) in [6, 6.07) is 8.04. The highest BCUT2D eigenvalue weighted by atomic mass is 127. The SMILES string of the molecule is CS(=O)(=O)C1CCCC(C(N)c2ccccc2I)C1. The van der Waals surface area contributed by atoms with Crippen molar-refractivity contribution in [3.63, 3.8) is 0 Å². The van der Waals surface area contributed by atoms with E-state index in [4.69, 9.17) is 5.73 Å². The average molecular weight is 393 g/mol. The summed E-state index contributed by atoms with van der Waals surface area (Å²) in [7, 11) is -2.94. The zero-order valence-corrected chi connectivity index (χ0v) is 14.0. The van der Waals surface area contributed by atoms with Crippen molar-refractivity contribution in [1.29, 1.82) is 0 Å². The third-order valence-electron chi connectivity index (χ3n) is 4.04. The topological polar surface area (TPSA) is 60.2 Å². The Balaban J connectivity index is 2.16. The lowest BCUT2D eigenvalue weighted by Gasteiger charge is -2.32. The lowest BCUT2D eigenvalue weighted by atomic mass is 9.81. The molecule has 0 heterocycles. The first-order chi connectivity index (χ1) is 8.89. The van der Waals surface area contributed by atoms with Crippen LogP contribution in [0.5, 0.6) is 0 Å². The molecule has 3 unspecified atom stereocenters. The van der Waals surface area contributed by atoms with Crippen LogP contribution in [0.1, 0.15) is 37.3 Å². The summed E-state index contributed by atoms with van der Waals surface area (Å²) < 4.78 is 24.6. The highest BCUT2D eigenvalue weighted by Gasteiger charge is 2.32. The largest absolute Gasteiger partial charge is 0.324 e. The summed E-state index contributed by atoms with van der Waals surface area (Å²) >= 11 is 2.29. The van der Waals surface area contributed by atoms with Crippen molar-refractivity contribution in [2.45, 2.75) is 37.0 Å². The fraction of sp³-hybridized carbons (Fsp3) is 0.571. The van der Waals surface area contributed by atoms with E-state index in [2.05, 4.69) is 28.7 Å². The van der Waals surface area contributed by atoms with Gasteiger partial charge in [-0.3, -0.25) is 0 Å². The standard InChI is InChI=1S/C14H20INO2S/c1-19(17,18)11-6-4-5-10(9-11)14(16)12-7-2-3-8-13(12)15/h2-3,7-8,10-11,14H,4-6,9,16H2,1H3. The number of hydrogen-bond donors (Lipinski definition) is 1. The Morgan fingerprint density at radius 3 is 2.63 bits per heavy atom. The molecule has 0 spiro atoms. The molecule has 2 rings (SSSR count). The van der Waals surface area contributed by atoms with Crippen LogP contribution in [-0.4, -0.2) is 19.9 Å². The van der Waals surface area contributed by atoms with Crippen LogP contribution in [0, 0.1) is 9.49 Å². The second-order valence-electron chi connectivity index (χ2n) is 5.43. The molecule has 1 aliphatic carbocycles. The number of halogens is 1. The van der Waals surface area contributed by atoms with Crippen LogP contribution < -0.4 is 5.73 Å². The fourth-order valence-electron chi connectivity index (χ4n) is 2.90. The van der Waals surface area contributed by atoms with Crippen molar-refractivity contribution >= 4 is 32.4 Å². The van der Waals surface area contributed by atoms with E-state index >= 15 is 0 Å². The smallest absolute Gasteiger partial charge is 0.150 e. The quantitative estimate of drug-likeness (QED) is 0.804. The molecule has 3 atom stereocenters. The Kier molecular flexibility index (Phi) is 4.89. The second kappa shape index (κ2) is 6.10. The first-order valence-electron chi connectivity index (χ1n) is 6.58. The molecule has 0 aromatic heterocycles. The van der Waals surface area contributed by atoms with E-state index in [1.54, 1.807) is 0 Å². The molecular weight excluding hydrogens is 373 g/mol. The van der Waals surface area contributed by atoms with Gasteiger partial charge in [0.05, 0.1) is 5.25 Å². The molecule has 1 aromatic carbocycles. The van der Waals surface area contributed by atoms with E-state index in [-0.39, 0.29) is 17.2 Å². The summed E-state index contributed by atoms with van der Waals surface area (Å²) in [6.45, 7) is 0. The van der Waals surface area contributed by atoms with Crippen LogP contribution in [-0.2, 0) is 9.84 Å². The first-order valence-corrected chi connectivity index (χ1v) is 9.62. The molecule has 1 aromatic rings.